The highest BCUT2D eigenvalue weighted by Crippen LogP contribution is 2.19. The van der Waals surface area contributed by atoms with Crippen molar-refractivity contribution in [1.82, 2.24) is 10.6 Å². The standard InChI is InChI=1S/C11H16N2OS/c1-8(10-3-2-6-15-10)13-11(14)9-4-5-12-7-9/h2-3,6,8-9,12H,4-5,7H2,1H3,(H,13,14)/t8-,9-/m1/s1. The summed E-state index contributed by atoms with van der Waals surface area (Å²) in [6, 6.07) is 4.21. The van der Waals surface area contributed by atoms with Gasteiger partial charge in [-0.25, -0.2) is 0 Å². The second-order valence-corrected chi connectivity index (χ2v) is 4.91. The van der Waals surface area contributed by atoms with Crippen molar-refractivity contribution in [2.45, 2.75) is 19.4 Å². The number of amides is 1. The first-order valence-corrected chi connectivity index (χ1v) is 6.20. The topological polar surface area (TPSA) is 41.1 Å². The molecule has 1 aromatic heterocycles. The van der Waals surface area contributed by atoms with E-state index in [1.54, 1.807) is 11.3 Å². The lowest BCUT2D eigenvalue weighted by Gasteiger charge is -2.15. The second kappa shape index (κ2) is 4.77. The lowest BCUT2D eigenvalue weighted by atomic mass is 10.1. The minimum absolute atomic E-state index is 0.137. The van der Waals surface area contributed by atoms with E-state index in [9.17, 15) is 4.79 Å². The largest absolute Gasteiger partial charge is 0.348 e. The quantitative estimate of drug-likeness (QED) is 0.817. The molecule has 1 saturated heterocycles. The molecule has 1 aromatic rings. The molecule has 0 saturated carbocycles. The third-order valence-electron chi connectivity index (χ3n) is 2.76. The molecule has 0 unspecified atom stereocenters. The predicted octanol–water partition coefficient (Wildman–Crippen LogP) is 1.53. The fraction of sp³-hybridized carbons (Fsp3) is 0.545. The maximum Gasteiger partial charge on any atom is 0.224 e. The summed E-state index contributed by atoms with van der Waals surface area (Å²) >= 11 is 1.69. The lowest BCUT2D eigenvalue weighted by molar-refractivity contribution is -0.125. The molecule has 4 heteroatoms. The zero-order valence-corrected chi connectivity index (χ0v) is 9.64. The second-order valence-electron chi connectivity index (χ2n) is 3.94. The Bertz CT molecular complexity index is 317. The first-order valence-electron chi connectivity index (χ1n) is 5.32. The fourth-order valence-electron chi connectivity index (χ4n) is 1.82. The molecule has 0 radical (unpaired) electrons. The van der Waals surface area contributed by atoms with E-state index in [1.165, 1.54) is 4.88 Å². The van der Waals surface area contributed by atoms with Crippen LogP contribution in [0.15, 0.2) is 17.5 Å². The normalized spacial score (nSPS) is 22.6. The van der Waals surface area contributed by atoms with Gasteiger partial charge in [-0.1, -0.05) is 6.07 Å². The number of carbonyl (C=O) groups is 1. The van der Waals surface area contributed by atoms with E-state index in [0.717, 1.165) is 19.5 Å². The van der Waals surface area contributed by atoms with Crippen LogP contribution in [0, 0.1) is 5.92 Å². The number of hydrogen-bond donors (Lipinski definition) is 2. The molecule has 15 heavy (non-hydrogen) atoms. The molecule has 2 N–H and O–H groups in total. The monoisotopic (exact) mass is 224 g/mol. The number of hydrogen-bond acceptors (Lipinski definition) is 3. The van der Waals surface area contributed by atoms with Crippen molar-refractivity contribution in [2.24, 2.45) is 5.92 Å². The Morgan fingerprint density at radius 2 is 2.60 bits per heavy atom. The maximum absolute atomic E-state index is 11.8. The molecule has 1 aliphatic heterocycles. The van der Waals surface area contributed by atoms with Crippen LogP contribution in [-0.4, -0.2) is 19.0 Å². The molecular formula is C11H16N2OS. The van der Waals surface area contributed by atoms with E-state index in [1.807, 2.05) is 18.4 Å². The van der Waals surface area contributed by atoms with Crippen molar-refractivity contribution >= 4 is 17.2 Å². The summed E-state index contributed by atoms with van der Waals surface area (Å²) in [5, 5.41) is 8.30. The molecular weight excluding hydrogens is 208 g/mol. The highest BCUT2D eigenvalue weighted by Gasteiger charge is 2.23. The molecule has 1 aliphatic rings. The van der Waals surface area contributed by atoms with E-state index in [-0.39, 0.29) is 17.9 Å². The number of rotatable bonds is 3. The summed E-state index contributed by atoms with van der Waals surface area (Å²) < 4.78 is 0. The number of thiophene rings is 1. The van der Waals surface area contributed by atoms with Crippen molar-refractivity contribution in [3.63, 3.8) is 0 Å². The van der Waals surface area contributed by atoms with Crippen LogP contribution in [0.1, 0.15) is 24.3 Å². The Kier molecular flexibility index (Phi) is 3.38. The summed E-state index contributed by atoms with van der Waals surface area (Å²) in [6.45, 7) is 3.82. The van der Waals surface area contributed by atoms with Crippen molar-refractivity contribution in [3.05, 3.63) is 22.4 Å². The third-order valence-corrected chi connectivity index (χ3v) is 3.81. The zero-order valence-electron chi connectivity index (χ0n) is 8.82. The van der Waals surface area contributed by atoms with Crippen LogP contribution in [0.5, 0.6) is 0 Å². The highest BCUT2D eigenvalue weighted by molar-refractivity contribution is 7.10. The van der Waals surface area contributed by atoms with Crippen molar-refractivity contribution in [1.29, 1.82) is 0 Å². The molecule has 2 atom stereocenters. The molecule has 0 aliphatic carbocycles. The van der Waals surface area contributed by atoms with Crippen LogP contribution in [0.25, 0.3) is 0 Å². The average Bonchev–Trinajstić information content (AvgIpc) is 2.91. The predicted molar refractivity (Wildman–Crippen MR) is 61.9 cm³/mol. The van der Waals surface area contributed by atoms with Crippen LogP contribution in [0.3, 0.4) is 0 Å². The van der Waals surface area contributed by atoms with Crippen molar-refractivity contribution < 1.29 is 4.79 Å². The average molecular weight is 224 g/mol. The minimum Gasteiger partial charge on any atom is -0.348 e. The van der Waals surface area contributed by atoms with Gasteiger partial charge in [-0.05, 0) is 31.3 Å². The van der Waals surface area contributed by atoms with Crippen LogP contribution in [0.2, 0.25) is 0 Å². The molecule has 82 valence electrons. The van der Waals surface area contributed by atoms with Gasteiger partial charge in [-0.2, -0.15) is 0 Å². The molecule has 2 heterocycles. The molecule has 2 rings (SSSR count). The summed E-state index contributed by atoms with van der Waals surface area (Å²) in [5.41, 5.74) is 0. The Balaban J connectivity index is 1.88. The molecule has 3 nitrogen and oxygen atoms in total. The Hall–Kier alpha value is -0.870. The molecule has 0 spiro atoms. The maximum atomic E-state index is 11.8. The molecule has 1 amide bonds. The van der Waals surface area contributed by atoms with Crippen molar-refractivity contribution in [2.75, 3.05) is 13.1 Å². The van der Waals surface area contributed by atoms with E-state index in [0.29, 0.717) is 0 Å². The van der Waals surface area contributed by atoms with Gasteiger partial charge >= 0.3 is 0 Å². The van der Waals surface area contributed by atoms with Crippen LogP contribution < -0.4 is 10.6 Å². The highest BCUT2D eigenvalue weighted by atomic mass is 32.1. The minimum atomic E-state index is 0.137. The summed E-state index contributed by atoms with van der Waals surface area (Å²) in [6.07, 6.45) is 0.961. The van der Waals surface area contributed by atoms with E-state index in [2.05, 4.69) is 16.7 Å². The SMILES string of the molecule is C[C@@H](NC(=O)[C@@H]1CCNC1)c1cccs1. The van der Waals surface area contributed by atoms with E-state index < -0.39 is 0 Å². The van der Waals surface area contributed by atoms with Gasteiger partial charge in [0.15, 0.2) is 0 Å². The number of carbonyl (C=O) groups excluding carboxylic acids is 1. The smallest absolute Gasteiger partial charge is 0.224 e. The first-order chi connectivity index (χ1) is 7.27. The lowest BCUT2D eigenvalue weighted by Crippen LogP contribution is -2.33. The summed E-state index contributed by atoms with van der Waals surface area (Å²) in [4.78, 5) is 13.0. The van der Waals surface area contributed by atoms with Crippen LogP contribution in [-0.2, 0) is 4.79 Å². The van der Waals surface area contributed by atoms with Gasteiger partial charge in [0.1, 0.15) is 0 Å². The van der Waals surface area contributed by atoms with Gasteiger partial charge in [-0.15, -0.1) is 11.3 Å². The van der Waals surface area contributed by atoms with Gasteiger partial charge < -0.3 is 10.6 Å². The summed E-state index contributed by atoms with van der Waals surface area (Å²) in [7, 11) is 0. The molecule has 0 bridgehead atoms. The number of nitrogens with one attached hydrogen (secondary N) is 2. The van der Waals surface area contributed by atoms with Gasteiger partial charge in [0.25, 0.3) is 0 Å². The third kappa shape index (κ3) is 2.58. The fourth-order valence-corrected chi connectivity index (χ4v) is 2.55. The zero-order chi connectivity index (χ0) is 10.7. The van der Waals surface area contributed by atoms with Crippen molar-refractivity contribution in [3.8, 4) is 0 Å². The van der Waals surface area contributed by atoms with Gasteiger partial charge in [-0.3, -0.25) is 4.79 Å². The van der Waals surface area contributed by atoms with Gasteiger partial charge in [0.05, 0.1) is 12.0 Å². The Morgan fingerprint density at radius 1 is 1.73 bits per heavy atom. The van der Waals surface area contributed by atoms with E-state index >= 15 is 0 Å². The first kappa shape index (κ1) is 10.6. The van der Waals surface area contributed by atoms with Gasteiger partial charge in [0.2, 0.25) is 5.91 Å². The van der Waals surface area contributed by atoms with Gasteiger partial charge in [0, 0.05) is 11.4 Å². The summed E-state index contributed by atoms with van der Waals surface area (Å²) in [5.74, 6) is 0.341. The Labute approximate surface area is 93.9 Å². The van der Waals surface area contributed by atoms with Crippen LogP contribution >= 0.6 is 11.3 Å². The Morgan fingerprint density at radius 3 is 3.20 bits per heavy atom. The molecule has 1 fully saturated rings. The van der Waals surface area contributed by atoms with E-state index in [4.69, 9.17) is 0 Å². The molecule has 0 aromatic carbocycles. The van der Waals surface area contributed by atoms with Crippen LogP contribution in [0.4, 0.5) is 0 Å².